The first kappa shape index (κ1) is 10.5. The van der Waals surface area contributed by atoms with E-state index in [4.69, 9.17) is 4.74 Å². The van der Waals surface area contributed by atoms with Crippen LogP contribution in [0.3, 0.4) is 0 Å². The van der Waals surface area contributed by atoms with E-state index < -0.39 is 5.41 Å². The lowest BCUT2D eigenvalue weighted by Gasteiger charge is -2.35. The molecule has 2 fully saturated rings. The van der Waals surface area contributed by atoms with Crippen LogP contribution in [0.15, 0.2) is 0 Å². The van der Waals surface area contributed by atoms with Crippen LogP contribution < -0.4 is 5.32 Å². The van der Waals surface area contributed by atoms with Gasteiger partial charge >= 0.3 is 5.97 Å². The van der Waals surface area contributed by atoms with Crippen LogP contribution in [-0.2, 0) is 14.3 Å². The highest BCUT2D eigenvalue weighted by Crippen LogP contribution is 2.44. The zero-order valence-corrected chi connectivity index (χ0v) is 9.04. The van der Waals surface area contributed by atoms with Gasteiger partial charge in [-0.1, -0.05) is 12.8 Å². The summed E-state index contributed by atoms with van der Waals surface area (Å²) >= 11 is 0. The topological polar surface area (TPSA) is 55.4 Å². The molecule has 0 aromatic heterocycles. The summed E-state index contributed by atoms with van der Waals surface area (Å²) < 4.78 is 5.10. The number of amides is 1. The molecule has 4 heteroatoms. The lowest BCUT2D eigenvalue weighted by atomic mass is 9.70. The van der Waals surface area contributed by atoms with Gasteiger partial charge < -0.3 is 10.1 Å². The van der Waals surface area contributed by atoms with E-state index in [-0.39, 0.29) is 17.9 Å². The summed E-state index contributed by atoms with van der Waals surface area (Å²) in [5.74, 6) is -0.192. The highest BCUT2D eigenvalue weighted by atomic mass is 16.5. The van der Waals surface area contributed by atoms with Crippen LogP contribution >= 0.6 is 0 Å². The highest BCUT2D eigenvalue weighted by Gasteiger charge is 2.54. The zero-order chi connectivity index (χ0) is 10.9. The van der Waals surface area contributed by atoms with Crippen LogP contribution in [0.5, 0.6) is 0 Å². The van der Waals surface area contributed by atoms with Gasteiger partial charge in [-0.25, -0.2) is 0 Å². The maximum atomic E-state index is 11.9. The summed E-state index contributed by atoms with van der Waals surface area (Å²) in [7, 11) is 0. The first-order chi connectivity index (χ1) is 7.19. The predicted octanol–water partition coefficient (Wildman–Crippen LogP) is 0.998. The third kappa shape index (κ3) is 1.62. The van der Waals surface area contributed by atoms with Gasteiger partial charge in [-0.15, -0.1) is 0 Å². The van der Waals surface area contributed by atoms with Crippen LogP contribution in [0.4, 0.5) is 0 Å². The molecular weight excluding hydrogens is 194 g/mol. The maximum Gasteiger partial charge on any atom is 0.314 e. The summed E-state index contributed by atoms with van der Waals surface area (Å²) in [6, 6.07) is 0.0119. The van der Waals surface area contributed by atoms with Crippen LogP contribution in [0, 0.1) is 5.41 Å². The second-order valence-corrected chi connectivity index (χ2v) is 4.42. The molecule has 2 atom stereocenters. The number of carbonyl (C=O) groups is 2. The summed E-state index contributed by atoms with van der Waals surface area (Å²) in [5.41, 5.74) is -0.550. The van der Waals surface area contributed by atoms with Gasteiger partial charge in [-0.2, -0.15) is 0 Å². The molecule has 0 spiro atoms. The SMILES string of the molecule is CCOC(=O)C12CCCCC1NC(=O)C2. The second kappa shape index (κ2) is 3.83. The largest absolute Gasteiger partial charge is 0.465 e. The fourth-order valence-electron chi connectivity index (χ4n) is 2.78. The monoisotopic (exact) mass is 211 g/mol. The molecule has 1 saturated carbocycles. The molecule has 4 nitrogen and oxygen atoms in total. The van der Waals surface area contributed by atoms with Crippen LogP contribution in [0.2, 0.25) is 0 Å². The van der Waals surface area contributed by atoms with Crippen LogP contribution in [0.1, 0.15) is 39.0 Å². The molecule has 2 aliphatic rings. The molecule has 1 amide bonds. The molecule has 84 valence electrons. The molecule has 2 unspecified atom stereocenters. The van der Waals surface area contributed by atoms with Gasteiger partial charge in [0.1, 0.15) is 0 Å². The maximum absolute atomic E-state index is 11.9. The molecule has 1 aliphatic heterocycles. The molecule has 0 radical (unpaired) electrons. The standard InChI is InChI=1S/C11H17NO3/c1-2-15-10(14)11-6-4-3-5-8(11)12-9(13)7-11/h8H,2-7H2,1H3,(H,12,13). The van der Waals surface area contributed by atoms with Crippen LogP contribution in [0.25, 0.3) is 0 Å². The molecule has 2 rings (SSSR count). The molecule has 15 heavy (non-hydrogen) atoms. The minimum Gasteiger partial charge on any atom is -0.465 e. The predicted molar refractivity (Wildman–Crippen MR) is 54.1 cm³/mol. The zero-order valence-electron chi connectivity index (χ0n) is 9.04. The molecule has 1 saturated heterocycles. The third-order valence-corrected chi connectivity index (χ3v) is 3.53. The van der Waals surface area contributed by atoms with Gasteiger partial charge in [-0.3, -0.25) is 9.59 Å². The summed E-state index contributed by atoms with van der Waals surface area (Å²) in [6.07, 6.45) is 4.12. The Balaban J connectivity index is 2.21. The lowest BCUT2D eigenvalue weighted by Crippen LogP contribution is -2.46. The molecule has 1 N–H and O–H groups in total. The van der Waals surface area contributed by atoms with E-state index in [0.29, 0.717) is 13.0 Å². The lowest BCUT2D eigenvalue weighted by molar-refractivity contribution is -0.158. The van der Waals surface area contributed by atoms with Crippen molar-refractivity contribution < 1.29 is 14.3 Å². The Labute approximate surface area is 89.4 Å². The van der Waals surface area contributed by atoms with E-state index in [2.05, 4.69) is 5.32 Å². The Morgan fingerprint density at radius 3 is 3.13 bits per heavy atom. The van der Waals surface area contributed by atoms with Crippen molar-refractivity contribution >= 4 is 11.9 Å². The van der Waals surface area contributed by atoms with Crippen LogP contribution in [-0.4, -0.2) is 24.5 Å². The van der Waals surface area contributed by atoms with Gasteiger partial charge in [0, 0.05) is 12.5 Å². The Morgan fingerprint density at radius 2 is 2.40 bits per heavy atom. The van der Waals surface area contributed by atoms with Crippen molar-refractivity contribution in [2.24, 2.45) is 5.41 Å². The van der Waals surface area contributed by atoms with E-state index in [9.17, 15) is 9.59 Å². The van der Waals surface area contributed by atoms with Gasteiger partial charge in [-0.05, 0) is 19.8 Å². The van der Waals surface area contributed by atoms with E-state index in [0.717, 1.165) is 25.7 Å². The fourth-order valence-corrected chi connectivity index (χ4v) is 2.78. The average Bonchev–Trinajstić information content (AvgIpc) is 2.55. The number of hydrogen-bond acceptors (Lipinski definition) is 3. The number of nitrogens with one attached hydrogen (secondary N) is 1. The smallest absolute Gasteiger partial charge is 0.314 e. The molecule has 0 aromatic rings. The van der Waals surface area contributed by atoms with Gasteiger partial charge in [0.15, 0.2) is 0 Å². The number of fused-ring (bicyclic) bond motifs is 1. The van der Waals surface area contributed by atoms with Crippen molar-refractivity contribution in [1.29, 1.82) is 0 Å². The van der Waals surface area contributed by atoms with Gasteiger partial charge in [0.25, 0.3) is 0 Å². The van der Waals surface area contributed by atoms with Gasteiger partial charge in [0.2, 0.25) is 5.91 Å². The number of ether oxygens (including phenoxy) is 1. The molecule has 1 aliphatic carbocycles. The molecule has 0 bridgehead atoms. The first-order valence-corrected chi connectivity index (χ1v) is 5.65. The Hall–Kier alpha value is -1.06. The van der Waals surface area contributed by atoms with E-state index in [1.165, 1.54) is 0 Å². The molecular formula is C11H17NO3. The summed E-state index contributed by atoms with van der Waals surface area (Å²) in [6.45, 7) is 2.19. The third-order valence-electron chi connectivity index (χ3n) is 3.53. The average molecular weight is 211 g/mol. The van der Waals surface area contributed by atoms with E-state index in [1.807, 2.05) is 0 Å². The fraction of sp³-hybridized carbons (Fsp3) is 0.818. The normalized spacial score (nSPS) is 34.5. The Kier molecular flexibility index (Phi) is 2.67. The minimum absolute atomic E-state index is 0.00467. The van der Waals surface area contributed by atoms with Crippen molar-refractivity contribution in [2.45, 2.75) is 45.1 Å². The van der Waals surface area contributed by atoms with Crippen molar-refractivity contribution in [3.63, 3.8) is 0 Å². The van der Waals surface area contributed by atoms with Crippen molar-refractivity contribution in [1.82, 2.24) is 5.32 Å². The second-order valence-electron chi connectivity index (χ2n) is 4.42. The highest BCUT2D eigenvalue weighted by molar-refractivity contribution is 5.90. The minimum atomic E-state index is -0.550. The Morgan fingerprint density at radius 1 is 1.60 bits per heavy atom. The Bertz CT molecular complexity index is 290. The summed E-state index contributed by atoms with van der Waals surface area (Å²) in [5, 5.41) is 2.90. The number of carbonyl (C=O) groups excluding carboxylic acids is 2. The molecule has 1 heterocycles. The summed E-state index contributed by atoms with van der Waals surface area (Å²) in [4.78, 5) is 23.3. The first-order valence-electron chi connectivity index (χ1n) is 5.65. The van der Waals surface area contributed by atoms with E-state index in [1.54, 1.807) is 6.92 Å². The quantitative estimate of drug-likeness (QED) is 0.693. The van der Waals surface area contributed by atoms with Crippen molar-refractivity contribution in [2.75, 3.05) is 6.61 Å². The van der Waals surface area contributed by atoms with Crippen molar-refractivity contribution in [3.05, 3.63) is 0 Å². The number of rotatable bonds is 2. The number of hydrogen-bond donors (Lipinski definition) is 1. The van der Waals surface area contributed by atoms with Crippen molar-refractivity contribution in [3.8, 4) is 0 Å². The molecule has 0 aromatic carbocycles. The number of esters is 1. The van der Waals surface area contributed by atoms with Gasteiger partial charge in [0.05, 0.1) is 12.0 Å². The van der Waals surface area contributed by atoms with E-state index >= 15 is 0 Å².